The molecule has 0 fully saturated rings. The van der Waals surface area contributed by atoms with Crippen LogP contribution in [0.25, 0.3) is 0 Å². The van der Waals surface area contributed by atoms with Gasteiger partial charge in [0.2, 0.25) is 0 Å². The number of aromatic nitrogens is 1. The van der Waals surface area contributed by atoms with Crippen LogP contribution in [-0.2, 0) is 6.54 Å². The average Bonchev–Trinajstić information content (AvgIpc) is 2.75. The van der Waals surface area contributed by atoms with E-state index in [9.17, 15) is 13.2 Å². The van der Waals surface area contributed by atoms with Crippen molar-refractivity contribution in [3.05, 3.63) is 39.8 Å². The van der Waals surface area contributed by atoms with Crippen LogP contribution in [-0.4, -0.2) is 17.3 Å². The van der Waals surface area contributed by atoms with E-state index in [1.807, 2.05) is 13.8 Å². The first-order valence-electron chi connectivity index (χ1n) is 6.59. The number of ether oxygens (including phenoxy) is 1. The van der Waals surface area contributed by atoms with Gasteiger partial charge in [-0.25, -0.2) is 9.98 Å². The van der Waals surface area contributed by atoms with Crippen LogP contribution in [0.15, 0.2) is 29.3 Å². The summed E-state index contributed by atoms with van der Waals surface area (Å²) in [4.78, 5) is 9.34. The van der Waals surface area contributed by atoms with Crippen molar-refractivity contribution in [2.24, 2.45) is 10.7 Å². The fourth-order valence-corrected chi connectivity index (χ4v) is 2.70. The molecule has 0 spiro atoms. The Bertz CT molecular complexity index is 712. The Kier molecular flexibility index (Phi) is 5.09. The second-order valence-electron chi connectivity index (χ2n) is 4.61. The molecule has 124 valence electrons. The SMILES string of the molecule is Cc1nc(C)c(CN=C(N)Nc2ccccc2OC(F)(F)F)s1. The smallest absolute Gasteiger partial charge is 0.404 e. The lowest BCUT2D eigenvalue weighted by molar-refractivity contribution is -0.274. The lowest BCUT2D eigenvalue weighted by Crippen LogP contribution is -2.24. The zero-order valence-electron chi connectivity index (χ0n) is 12.4. The van der Waals surface area contributed by atoms with Gasteiger partial charge < -0.3 is 15.8 Å². The number of alkyl halides is 3. The first-order valence-corrected chi connectivity index (χ1v) is 7.41. The Balaban J connectivity index is 2.09. The third-order valence-electron chi connectivity index (χ3n) is 2.77. The largest absolute Gasteiger partial charge is 0.573 e. The number of aliphatic imine (C=N–C) groups is 1. The number of nitrogens with zero attached hydrogens (tertiary/aromatic N) is 2. The maximum absolute atomic E-state index is 12.4. The average molecular weight is 344 g/mol. The zero-order valence-corrected chi connectivity index (χ0v) is 13.3. The van der Waals surface area contributed by atoms with Crippen LogP contribution in [0, 0.1) is 13.8 Å². The summed E-state index contributed by atoms with van der Waals surface area (Å²) in [6.45, 7) is 4.06. The van der Waals surface area contributed by atoms with Gasteiger partial charge in [-0.05, 0) is 26.0 Å². The van der Waals surface area contributed by atoms with E-state index in [0.717, 1.165) is 15.6 Å². The van der Waals surface area contributed by atoms with E-state index >= 15 is 0 Å². The number of hydrogen-bond acceptors (Lipinski definition) is 4. The summed E-state index contributed by atoms with van der Waals surface area (Å²) in [5.74, 6) is -0.378. The van der Waals surface area contributed by atoms with Gasteiger partial charge in [-0.2, -0.15) is 0 Å². The number of thiazole rings is 1. The van der Waals surface area contributed by atoms with Gasteiger partial charge in [-0.3, -0.25) is 0 Å². The van der Waals surface area contributed by atoms with Gasteiger partial charge >= 0.3 is 6.36 Å². The Labute approximate surface area is 135 Å². The van der Waals surface area contributed by atoms with Crippen molar-refractivity contribution in [3.8, 4) is 5.75 Å². The predicted octanol–water partition coefficient (Wildman–Crippen LogP) is 3.59. The van der Waals surface area contributed by atoms with Crippen molar-refractivity contribution in [1.82, 2.24) is 4.98 Å². The summed E-state index contributed by atoms with van der Waals surface area (Å²) >= 11 is 1.50. The van der Waals surface area contributed by atoms with Crippen LogP contribution in [0.5, 0.6) is 5.75 Å². The first kappa shape index (κ1) is 17.1. The minimum atomic E-state index is -4.78. The Hall–Kier alpha value is -2.29. The molecule has 0 bridgehead atoms. The number of nitrogens with one attached hydrogen (secondary N) is 1. The van der Waals surface area contributed by atoms with Gasteiger partial charge in [0.15, 0.2) is 11.7 Å². The number of hydrogen-bond donors (Lipinski definition) is 2. The van der Waals surface area contributed by atoms with Gasteiger partial charge in [0.25, 0.3) is 0 Å². The molecule has 2 rings (SSSR count). The summed E-state index contributed by atoms with van der Waals surface area (Å²) in [5, 5.41) is 3.54. The minimum absolute atomic E-state index is 0.00585. The van der Waals surface area contributed by atoms with Crippen LogP contribution in [0.1, 0.15) is 15.6 Å². The molecule has 0 amide bonds. The molecule has 1 heterocycles. The van der Waals surface area contributed by atoms with Crippen molar-refractivity contribution < 1.29 is 17.9 Å². The molecule has 0 saturated carbocycles. The summed E-state index contributed by atoms with van der Waals surface area (Å²) in [6.07, 6.45) is -4.78. The van der Waals surface area contributed by atoms with E-state index < -0.39 is 6.36 Å². The number of halogens is 3. The fraction of sp³-hybridized carbons (Fsp3) is 0.286. The lowest BCUT2D eigenvalue weighted by Gasteiger charge is -2.14. The molecule has 0 aliphatic carbocycles. The maximum Gasteiger partial charge on any atom is 0.573 e. The summed E-state index contributed by atoms with van der Waals surface area (Å²) < 4.78 is 41.0. The summed E-state index contributed by atoms with van der Waals surface area (Å²) in [5.41, 5.74) is 6.68. The van der Waals surface area contributed by atoms with E-state index in [1.54, 1.807) is 6.07 Å². The quantitative estimate of drug-likeness (QED) is 0.657. The molecular formula is C14H15F3N4OS. The molecule has 23 heavy (non-hydrogen) atoms. The molecule has 1 aromatic carbocycles. The Morgan fingerprint density at radius 2 is 2.04 bits per heavy atom. The van der Waals surface area contributed by atoms with Crippen molar-refractivity contribution in [1.29, 1.82) is 0 Å². The standard InChI is InChI=1S/C14H15F3N4OS/c1-8-12(23-9(2)20-8)7-19-13(18)21-10-5-3-4-6-11(10)22-14(15,16)17/h3-6H,7H2,1-2H3,(H3,18,19,21). The third-order valence-corrected chi connectivity index (χ3v) is 3.83. The van der Waals surface area contributed by atoms with Gasteiger partial charge in [0, 0.05) is 4.88 Å². The number of nitrogens with two attached hydrogens (primary N) is 1. The number of anilines is 1. The van der Waals surface area contributed by atoms with E-state index in [4.69, 9.17) is 5.73 Å². The molecule has 3 N–H and O–H groups in total. The molecule has 2 aromatic rings. The molecule has 0 unspecified atom stereocenters. The molecule has 1 aromatic heterocycles. The van der Waals surface area contributed by atoms with Crippen molar-refractivity contribution in [2.45, 2.75) is 26.8 Å². The molecule has 0 saturated heterocycles. The minimum Gasteiger partial charge on any atom is -0.404 e. The van der Waals surface area contributed by atoms with Crippen LogP contribution in [0.4, 0.5) is 18.9 Å². The van der Waals surface area contributed by atoms with Gasteiger partial charge in [-0.1, -0.05) is 12.1 Å². The molecule has 0 aliphatic rings. The van der Waals surface area contributed by atoms with Gasteiger partial charge in [-0.15, -0.1) is 24.5 Å². The number of benzene rings is 1. The summed E-state index contributed by atoms with van der Waals surface area (Å²) in [7, 11) is 0. The number of guanidine groups is 1. The van der Waals surface area contributed by atoms with Crippen molar-refractivity contribution >= 4 is 23.0 Å². The third kappa shape index (κ3) is 5.13. The monoisotopic (exact) mass is 344 g/mol. The lowest BCUT2D eigenvalue weighted by atomic mass is 10.3. The second kappa shape index (κ2) is 6.86. The highest BCUT2D eigenvalue weighted by molar-refractivity contribution is 7.11. The Morgan fingerprint density at radius 3 is 2.65 bits per heavy atom. The van der Waals surface area contributed by atoms with Crippen LogP contribution in [0.3, 0.4) is 0 Å². The van der Waals surface area contributed by atoms with E-state index in [0.29, 0.717) is 6.54 Å². The van der Waals surface area contributed by atoms with Gasteiger partial charge in [0.05, 0.1) is 22.9 Å². The molecule has 9 heteroatoms. The molecular weight excluding hydrogens is 329 g/mol. The Morgan fingerprint density at radius 1 is 1.35 bits per heavy atom. The highest BCUT2D eigenvalue weighted by atomic mass is 32.1. The molecule has 0 aliphatic heterocycles. The highest BCUT2D eigenvalue weighted by Gasteiger charge is 2.32. The van der Waals surface area contributed by atoms with Gasteiger partial charge in [0.1, 0.15) is 0 Å². The zero-order chi connectivity index (χ0) is 17.0. The summed E-state index contributed by atoms with van der Waals surface area (Å²) in [6, 6.07) is 5.62. The van der Waals surface area contributed by atoms with Crippen LogP contribution in [0.2, 0.25) is 0 Å². The normalized spacial score (nSPS) is 12.3. The molecule has 5 nitrogen and oxygen atoms in total. The fourth-order valence-electron chi connectivity index (χ4n) is 1.84. The number of aryl methyl sites for hydroxylation is 2. The van der Waals surface area contributed by atoms with E-state index in [1.165, 1.54) is 29.5 Å². The predicted molar refractivity (Wildman–Crippen MR) is 83.7 cm³/mol. The highest BCUT2D eigenvalue weighted by Crippen LogP contribution is 2.29. The first-order chi connectivity index (χ1) is 10.7. The van der Waals surface area contributed by atoms with E-state index in [-0.39, 0.29) is 17.4 Å². The number of rotatable bonds is 4. The number of para-hydroxylation sites is 2. The van der Waals surface area contributed by atoms with Crippen LogP contribution < -0.4 is 15.8 Å². The van der Waals surface area contributed by atoms with Crippen molar-refractivity contribution in [3.63, 3.8) is 0 Å². The van der Waals surface area contributed by atoms with E-state index in [2.05, 4.69) is 20.0 Å². The molecule has 0 atom stereocenters. The topological polar surface area (TPSA) is 72.5 Å². The second-order valence-corrected chi connectivity index (χ2v) is 5.90. The maximum atomic E-state index is 12.4. The van der Waals surface area contributed by atoms with Crippen molar-refractivity contribution in [2.75, 3.05) is 5.32 Å². The molecule has 0 radical (unpaired) electrons. The van der Waals surface area contributed by atoms with Crippen LogP contribution >= 0.6 is 11.3 Å².